The van der Waals surface area contributed by atoms with Gasteiger partial charge in [-0.25, -0.2) is 4.52 Å². The first-order valence-corrected chi connectivity index (χ1v) is 9.94. The molecule has 0 aromatic carbocycles. The Morgan fingerprint density at radius 1 is 1.30 bits per heavy atom. The topological polar surface area (TPSA) is 68.8 Å². The first kappa shape index (κ1) is 17.0. The van der Waals surface area contributed by atoms with Crippen LogP contribution in [0, 0.1) is 17.2 Å². The molecular weight excluding hydrogens is 340 g/mol. The Labute approximate surface area is 159 Å². The van der Waals surface area contributed by atoms with Gasteiger partial charge in [-0.05, 0) is 44.0 Å². The van der Waals surface area contributed by atoms with Crippen molar-refractivity contribution in [3.63, 3.8) is 0 Å². The van der Waals surface area contributed by atoms with Crippen LogP contribution in [0.25, 0.3) is 5.52 Å². The van der Waals surface area contributed by atoms with Gasteiger partial charge in [0, 0.05) is 38.8 Å². The highest BCUT2D eigenvalue weighted by atomic mass is 16.5. The number of hydrogen-bond donors (Lipinski definition) is 1. The molecule has 7 heteroatoms. The Hall–Kier alpha value is -2.14. The fourth-order valence-corrected chi connectivity index (χ4v) is 4.88. The van der Waals surface area contributed by atoms with E-state index >= 15 is 0 Å². The summed E-state index contributed by atoms with van der Waals surface area (Å²) in [4.78, 5) is 4.98. The lowest BCUT2D eigenvalue weighted by molar-refractivity contribution is -0.0431. The molecule has 2 unspecified atom stereocenters. The van der Waals surface area contributed by atoms with Crippen LogP contribution in [0.3, 0.4) is 0 Å². The quantitative estimate of drug-likeness (QED) is 0.877. The van der Waals surface area contributed by atoms with Crippen molar-refractivity contribution in [2.24, 2.45) is 5.92 Å². The predicted molar refractivity (Wildman–Crippen MR) is 103 cm³/mol. The molecule has 3 aliphatic rings. The van der Waals surface area contributed by atoms with Crippen LogP contribution in [-0.2, 0) is 4.74 Å². The van der Waals surface area contributed by atoms with Gasteiger partial charge in [0.1, 0.15) is 11.8 Å². The number of rotatable bonds is 3. The fourth-order valence-electron chi connectivity index (χ4n) is 4.88. The summed E-state index contributed by atoms with van der Waals surface area (Å²) in [6.45, 7) is 8.40. The van der Waals surface area contributed by atoms with Crippen molar-refractivity contribution < 1.29 is 4.74 Å². The number of nitriles is 1. The molecular formula is C20H26N6O. The van der Waals surface area contributed by atoms with Crippen molar-refractivity contribution in [3.8, 4) is 6.07 Å². The Morgan fingerprint density at radius 3 is 3.00 bits per heavy atom. The molecule has 0 bridgehead atoms. The van der Waals surface area contributed by atoms with E-state index < -0.39 is 0 Å². The normalized spacial score (nSPS) is 31.3. The van der Waals surface area contributed by atoms with Gasteiger partial charge in [-0.2, -0.15) is 10.4 Å². The van der Waals surface area contributed by atoms with Gasteiger partial charge in [0.15, 0.2) is 0 Å². The smallest absolute Gasteiger partial charge is 0.142 e. The monoisotopic (exact) mass is 366 g/mol. The van der Waals surface area contributed by atoms with Crippen LogP contribution >= 0.6 is 0 Å². The van der Waals surface area contributed by atoms with Gasteiger partial charge in [-0.15, -0.1) is 0 Å². The number of aromatic nitrogens is 2. The summed E-state index contributed by atoms with van der Waals surface area (Å²) in [5.74, 6) is 0.820. The fraction of sp³-hybridized carbons (Fsp3) is 0.600. The van der Waals surface area contributed by atoms with Crippen molar-refractivity contribution in [1.82, 2.24) is 19.8 Å². The molecule has 5 heterocycles. The summed E-state index contributed by atoms with van der Waals surface area (Å²) in [7, 11) is 0. The molecule has 7 nitrogen and oxygen atoms in total. The minimum absolute atomic E-state index is 0.185. The van der Waals surface area contributed by atoms with E-state index in [0.29, 0.717) is 5.69 Å². The predicted octanol–water partition coefficient (Wildman–Crippen LogP) is 1.09. The molecule has 3 saturated heterocycles. The van der Waals surface area contributed by atoms with Crippen molar-refractivity contribution in [1.29, 1.82) is 5.26 Å². The van der Waals surface area contributed by atoms with Crippen molar-refractivity contribution in [3.05, 3.63) is 30.1 Å². The second kappa shape index (κ2) is 6.79. The summed E-state index contributed by atoms with van der Waals surface area (Å²) in [5.41, 5.74) is 2.69. The van der Waals surface area contributed by atoms with Crippen LogP contribution < -0.4 is 10.2 Å². The van der Waals surface area contributed by atoms with E-state index in [0.717, 1.165) is 49.3 Å². The van der Waals surface area contributed by atoms with Crippen molar-refractivity contribution in [2.75, 3.05) is 44.2 Å². The number of anilines is 1. The van der Waals surface area contributed by atoms with Crippen molar-refractivity contribution in [2.45, 2.75) is 31.6 Å². The summed E-state index contributed by atoms with van der Waals surface area (Å²) in [6.07, 6.45) is 3.41. The van der Waals surface area contributed by atoms with Gasteiger partial charge in [0.25, 0.3) is 0 Å². The molecule has 0 radical (unpaired) electrons. The third kappa shape index (κ3) is 3.08. The molecule has 0 spiro atoms. The zero-order valence-electron chi connectivity index (χ0n) is 15.7. The molecule has 4 atom stereocenters. The van der Waals surface area contributed by atoms with Gasteiger partial charge in [-0.1, -0.05) is 0 Å². The number of nitrogens with zero attached hydrogens (tertiary/aromatic N) is 5. The molecule has 5 rings (SSSR count). The highest BCUT2D eigenvalue weighted by molar-refractivity contribution is 5.74. The maximum absolute atomic E-state index is 9.31. The molecule has 1 N–H and O–H groups in total. The van der Waals surface area contributed by atoms with E-state index in [-0.39, 0.29) is 12.2 Å². The first-order valence-electron chi connectivity index (χ1n) is 9.94. The number of fused-ring (bicyclic) bond motifs is 2. The number of pyridine rings is 1. The summed E-state index contributed by atoms with van der Waals surface area (Å²) < 4.78 is 8.02. The molecule has 2 aromatic rings. The third-order valence-electron chi connectivity index (χ3n) is 6.24. The van der Waals surface area contributed by atoms with E-state index in [9.17, 15) is 5.26 Å². The van der Waals surface area contributed by atoms with E-state index in [1.54, 1.807) is 10.7 Å². The van der Waals surface area contributed by atoms with Crippen LogP contribution in [0.2, 0.25) is 0 Å². The largest absolute Gasteiger partial charge is 0.370 e. The van der Waals surface area contributed by atoms with Crippen LogP contribution in [0.15, 0.2) is 24.4 Å². The Balaban J connectivity index is 1.33. The van der Waals surface area contributed by atoms with E-state index in [1.807, 2.05) is 12.1 Å². The molecule has 3 aliphatic heterocycles. The summed E-state index contributed by atoms with van der Waals surface area (Å²) in [6, 6.07) is 8.86. The average Bonchev–Trinajstić information content (AvgIpc) is 3.12. The second-order valence-corrected chi connectivity index (χ2v) is 8.14. The second-order valence-electron chi connectivity index (χ2n) is 8.14. The van der Waals surface area contributed by atoms with E-state index in [4.69, 9.17) is 4.74 Å². The minimum Gasteiger partial charge on any atom is -0.370 e. The standard InChI is InChI=1S/C20H26N6O/c1-14-10-25(19-3-2-16(8-21)26-20(19)4-6-23-26)13-17(27-14)12-24-7-5-18-15(11-24)9-22-18/h2-4,6,14-15,17-18,22H,5,7,9-13H2,1H3/t14-,15?,17+,18?/m1/s1. The first-order chi connectivity index (χ1) is 13.2. The third-order valence-corrected chi connectivity index (χ3v) is 6.24. The van der Waals surface area contributed by atoms with Crippen LogP contribution in [-0.4, -0.2) is 72.0 Å². The lowest BCUT2D eigenvalue weighted by Crippen LogP contribution is -2.62. The molecule has 2 aromatic heterocycles. The van der Waals surface area contributed by atoms with Crippen molar-refractivity contribution >= 4 is 11.2 Å². The number of ether oxygens (including phenoxy) is 1. The van der Waals surface area contributed by atoms with Gasteiger partial charge in [-0.3, -0.25) is 0 Å². The zero-order valence-corrected chi connectivity index (χ0v) is 15.7. The highest BCUT2D eigenvalue weighted by Gasteiger charge is 2.37. The molecule has 0 aliphatic carbocycles. The zero-order chi connectivity index (χ0) is 18.4. The number of likely N-dealkylation sites (tertiary alicyclic amines) is 1. The number of nitrogens with one attached hydrogen (secondary N) is 1. The number of hydrogen-bond acceptors (Lipinski definition) is 6. The molecule has 142 valence electrons. The summed E-state index contributed by atoms with van der Waals surface area (Å²) >= 11 is 0. The van der Waals surface area contributed by atoms with E-state index in [2.05, 4.69) is 39.3 Å². The lowest BCUT2D eigenvalue weighted by Gasteiger charge is -2.48. The van der Waals surface area contributed by atoms with Gasteiger partial charge in [0.05, 0.1) is 29.6 Å². The Morgan fingerprint density at radius 2 is 2.22 bits per heavy atom. The van der Waals surface area contributed by atoms with Gasteiger partial charge in [0.2, 0.25) is 0 Å². The van der Waals surface area contributed by atoms with E-state index in [1.165, 1.54) is 19.5 Å². The molecule has 0 amide bonds. The molecule has 3 fully saturated rings. The van der Waals surface area contributed by atoms with Gasteiger partial charge < -0.3 is 19.9 Å². The summed E-state index contributed by atoms with van der Waals surface area (Å²) in [5, 5.41) is 17.2. The average molecular weight is 366 g/mol. The molecule has 27 heavy (non-hydrogen) atoms. The number of piperidine rings is 1. The maximum atomic E-state index is 9.31. The SMILES string of the molecule is C[C@@H]1CN(c2ccc(C#N)n3nccc23)C[C@H](CN2CCC3NCC3C2)O1. The number of morpholine rings is 1. The highest BCUT2D eigenvalue weighted by Crippen LogP contribution is 2.28. The van der Waals surface area contributed by atoms with Crippen LogP contribution in [0.4, 0.5) is 5.69 Å². The maximum Gasteiger partial charge on any atom is 0.142 e. The Kier molecular flexibility index (Phi) is 4.27. The van der Waals surface area contributed by atoms with Gasteiger partial charge >= 0.3 is 0 Å². The Bertz CT molecular complexity index is 873. The van der Waals surface area contributed by atoms with Crippen LogP contribution in [0.5, 0.6) is 0 Å². The van der Waals surface area contributed by atoms with Crippen LogP contribution in [0.1, 0.15) is 19.0 Å². The minimum atomic E-state index is 0.185. The molecule has 0 saturated carbocycles. The lowest BCUT2D eigenvalue weighted by atomic mass is 9.85.